The topological polar surface area (TPSA) is 102 Å². The summed E-state index contributed by atoms with van der Waals surface area (Å²) in [7, 11) is 0. The number of pyridine rings is 2. The minimum Gasteiger partial charge on any atom is -0.477 e. The molecule has 0 aliphatic carbocycles. The summed E-state index contributed by atoms with van der Waals surface area (Å²) < 4.78 is 15.3. The predicted molar refractivity (Wildman–Crippen MR) is 102 cm³/mol. The largest absolute Gasteiger partial charge is 0.477 e. The molecule has 0 amide bonds. The number of hydrogen-bond donors (Lipinski definition) is 2. The number of carbonyl (C=O) groups is 2. The molecule has 0 saturated carbocycles. The van der Waals surface area contributed by atoms with Gasteiger partial charge in [-0.2, -0.15) is 0 Å². The van der Waals surface area contributed by atoms with Crippen LogP contribution in [0.5, 0.6) is 0 Å². The molecule has 6 nitrogen and oxygen atoms in total. The Morgan fingerprint density at radius 3 is 2.64 bits per heavy atom. The summed E-state index contributed by atoms with van der Waals surface area (Å²) >= 11 is 5.80. The van der Waals surface area contributed by atoms with E-state index in [-0.39, 0.29) is 22.8 Å². The molecule has 0 aliphatic rings. The molecule has 1 aromatic carbocycles. The minimum absolute atomic E-state index is 0.0154. The molecular weight excluding hydrogens is 387 g/mol. The number of aromatic nitrogens is 1. The Morgan fingerprint density at radius 2 is 2.00 bits per heavy atom. The van der Waals surface area contributed by atoms with Crippen LogP contribution in [0.1, 0.15) is 40.0 Å². The number of rotatable bonds is 5. The highest BCUT2D eigenvalue weighted by Gasteiger charge is 2.21. The van der Waals surface area contributed by atoms with E-state index in [0.29, 0.717) is 16.6 Å². The average Bonchev–Trinajstić information content (AvgIpc) is 2.65. The third kappa shape index (κ3) is 3.54. The maximum atomic E-state index is 14.2. The molecule has 2 aromatic heterocycles. The molecule has 28 heavy (non-hydrogen) atoms. The highest BCUT2D eigenvalue weighted by atomic mass is 35.5. The number of ketones is 1. The third-order valence-corrected chi connectivity index (χ3v) is 4.78. The minimum atomic E-state index is -1.43. The van der Waals surface area contributed by atoms with Crippen LogP contribution in [0.3, 0.4) is 0 Å². The van der Waals surface area contributed by atoms with Crippen LogP contribution < -0.4 is 11.3 Å². The Labute approximate surface area is 164 Å². The standard InChI is InChI=1S/C20H16ClFN2O4/c1-10(25)18(23)13-8-14(20(27)28)19(26)24-9-11(5-6-16(13)24)7-12-3-2-4-15(21)17(12)22/h2-6,8-9,18H,7,23H2,1H3,(H,27,28). The predicted octanol–water partition coefficient (Wildman–Crippen LogP) is 2.97. The van der Waals surface area contributed by atoms with Gasteiger partial charge >= 0.3 is 5.97 Å². The zero-order chi connectivity index (χ0) is 20.6. The van der Waals surface area contributed by atoms with Gasteiger partial charge in [-0.25, -0.2) is 9.18 Å². The van der Waals surface area contributed by atoms with Gasteiger partial charge in [0.25, 0.3) is 5.56 Å². The second-order valence-electron chi connectivity index (χ2n) is 6.39. The van der Waals surface area contributed by atoms with Gasteiger partial charge in [0, 0.05) is 18.2 Å². The van der Waals surface area contributed by atoms with Crippen LogP contribution in [-0.2, 0) is 11.2 Å². The van der Waals surface area contributed by atoms with Gasteiger partial charge in [-0.05, 0) is 36.2 Å². The van der Waals surface area contributed by atoms with E-state index in [0.717, 1.165) is 10.5 Å². The molecule has 0 bridgehead atoms. The molecule has 3 aromatic rings. The highest BCUT2D eigenvalue weighted by molar-refractivity contribution is 6.30. The van der Waals surface area contributed by atoms with Crippen LogP contribution in [0.15, 0.2) is 47.4 Å². The van der Waals surface area contributed by atoms with Gasteiger partial charge in [-0.3, -0.25) is 14.0 Å². The number of carbonyl (C=O) groups excluding carboxylic acids is 1. The summed E-state index contributed by atoms with van der Waals surface area (Å²) in [6.07, 6.45) is 1.56. The number of carboxylic acid groups (broad SMARTS) is 1. The highest BCUT2D eigenvalue weighted by Crippen LogP contribution is 2.23. The fraction of sp³-hybridized carbons (Fsp3) is 0.150. The smallest absolute Gasteiger partial charge is 0.341 e. The van der Waals surface area contributed by atoms with Gasteiger partial charge in [-0.15, -0.1) is 0 Å². The van der Waals surface area contributed by atoms with Gasteiger partial charge in [0.15, 0.2) is 5.78 Å². The summed E-state index contributed by atoms with van der Waals surface area (Å²) in [6.45, 7) is 1.28. The summed E-state index contributed by atoms with van der Waals surface area (Å²) in [5.74, 6) is -2.36. The number of halogens is 2. The molecule has 3 N–H and O–H groups in total. The Balaban J connectivity index is 2.21. The van der Waals surface area contributed by atoms with Crippen molar-refractivity contribution >= 4 is 28.9 Å². The van der Waals surface area contributed by atoms with Crippen LogP contribution in [0, 0.1) is 5.82 Å². The third-order valence-electron chi connectivity index (χ3n) is 4.48. The first-order valence-electron chi connectivity index (χ1n) is 8.31. The fourth-order valence-corrected chi connectivity index (χ4v) is 3.19. The van der Waals surface area contributed by atoms with Crippen LogP contribution in [0.4, 0.5) is 4.39 Å². The number of aromatic carboxylic acids is 1. The Kier molecular flexibility index (Phi) is 5.31. The molecule has 0 spiro atoms. The van der Waals surface area contributed by atoms with Crippen molar-refractivity contribution in [1.29, 1.82) is 0 Å². The molecule has 1 atom stereocenters. The van der Waals surface area contributed by atoms with Crippen molar-refractivity contribution in [2.24, 2.45) is 5.73 Å². The van der Waals surface area contributed by atoms with Gasteiger partial charge in [0.1, 0.15) is 11.4 Å². The van der Waals surface area contributed by atoms with Crippen LogP contribution >= 0.6 is 11.6 Å². The molecule has 0 radical (unpaired) electrons. The monoisotopic (exact) mass is 402 g/mol. The number of nitrogens with two attached hydrogens (primary N) is 1. The molecular formula is C20H16ClFN2O4. The molecule has 8 heteroatoms. The number of hydrogen-bond acceptors (Lipinski definition) is 4. The van der Waals surface area contributed by atoms with E-state index in [9.17, 15) is 23.9 Å². The zero-order valence-electron chi connectivity index (χ0n) is 14.8. The molecule has 2 heterocycles. The Hall–Kier alpha value is -3.03. The first kappa shape index (κ1) is 19.7. The molecule has 144 valence electrons. The lowest BCUT2D eigenvalue weighted by atomic mass is 10.00. The molecule has 3 rings (SSSR count). The zero-order valence-corrected chi connectivity index (χ0v) is 15.5. The van der Waals surface area contributed by atoms with E-state index in [1.54, 1.807) is 24.3 Å². The number of Topliss-reactive ketones (excluding diaryl/α,β-unsaturated/α-hetero) is 1. The quantitative estimate of drug-likeness (QED) is 0.683. The van der Waals surface area contributed by atoms with Crippen molar-refractivity contribution in [2.45, 2.75) is 19.4 Å². The summed E-state index contributed by atoms with van der Waals surface area (Å²) in [5, 5.41) is 9.32. The van der Waals surface area contributed by atoms with E-state index >= 15 is 0 Å². The van der Waals surface area contributed by atoms with Crippen LogP contribution in [0.2, 0.25) is 5.02 Å². The van der Waals surface area contributed by atoms with Gasteiger partial charge in [0.05, 0.1) is 16.6 Å². The first-order valence-corrected chi connectivity index (χ1v) is 8.69. The van der Waals surface area contributed by atoms with Gasteiger partial charge < -0.3 is 10.8 Å². The SMILES string of the molecule is CC(=O)C(N)c1cc(C(=O)O)c(=O)n2cc(Cc3cccc(Cl)c3F)ccc12. The summed E-state index contributed by atoms with van der Waals surface area (Å²) in [6, 6.07) is 7.88. The Bertz CT molecular complexity index is 1170. The molecule has 1 unspecified atom stereocenters. The first-order chi connectivity index (χ1) is 13.2. The van der Waals surface area contributed by atoms with E-state index < -0.39 is 29.0 Å². The summed E-state index contributed by atoms with van der Waals surface area (Å²) in [4.78, 5) is 35.8. The average molecular weight is 403 g/mol. The van der Waals surface area contributed by atoms with E-state index in [2.05, 4.69) is 0 Å². The lowest BCUT2D eigenvalue weighted by molar-refractivity contribution is -0.118. The summed E-state index contributed by atoms with van der Waals surface area (Å²) in [5.41, 5.74) is 6.05. The second-order valence-corrected chi connectivity index (χ2v) is 6.80. The van der Waals surface area contributed by atoms with E-state index in [4.69, 9.17) is 17.3 Å². The van der Waals surface area contributed by atoms with Crippen molar-refractivity contribution in [3.8, 4) is 0 Å². The van der Waals surface area contributed by atoms with Crippen LogP contribution in [-0.4, -0.2) is 21.3 Å². The van der Waals surface area contributed by atoms with Crippen molar-refractivity contribution in [2.75, 3.05) is 0 Å². The fourth-order valence-electron chi connectivity index (χ4n) is 3.00. The van der Waals surface area contributed by atoms with Gasteiger partial charge in [-0.1, -0.05) is 29.8 Å². The van der Waals surface area contributed by atoms with E-state index in [1.807, 2.05) is 0 Å². The Morgan fingerprint density at radius 1 is 1.29 bits per heavy atom. The molecule has 0 saturated heterocycles. The van der Waals surface area contributed by atoms with Crippen molar-refractivity contribution in [3.05, 3.63) is 86.0 Å². The van der Waals surface area contributed by atoms with Gasteiger partial charge in [0.2, 0.25) is 0 Å². The van der Waals surface area contributed by atoms with Crippen molar-refractivity contribution in [3.63, 3.8) is 0 Å². The van der Waals surface area contributed by atoms with Crippen molar-refractivity contribution in [1.82, 2.24) is 4.40 Å². The molecule has 0 aliphatic heterocycles. The lowest BCUT2D eigenvalue weighted by Gasteiger charge is -2.15. The lowest BCUT2D eigenvalue weighted by Crippen LogP contribution is -2.27. The number of carboxylic acids is 1. The van der Waals surface area contributed by atoms with E-state index in [1.165, 1.54) is 19.2 Å². The van der Waals surface area contributed by atoms with Crippen molar-refractivity contribution < 1.29 is 19.1 Å². The number of benzene rings is 1. The number of fused-ring (bicyclic) bond motifs is 1. The maximum absolute atomic E-state index is 14.2. The maximum Gasteiger partial charge on any atom is 0.341 e. The molecule has 0 fully saturated rings. The number of nitrogens with zero attached hydrogens (tertiary/aromatic N) is 1. The normalized spacial score (nSPS) is 12.1. The second kappa shape index (κ2) is 7.53. The van der Waals surface area contributed by atoms with Crippen LogP contribution in [0.25, 0.3) is 5.52 Å².